The fourth-order valence-corrected chi connectivity index (χ4v) is 2.00. The summed E-state index contributed by atoms with van der Waals surface area (Å²) in [5, 5.41) is 8.68. The summed E-state index contributed by atoms with van der Waals surface area (Å²) >= 11 is 0. The number of alkyl halides is 3. The molecular weight excluding hydrogens is 271 g/mol. The fraction of sp³-hybridized carbons (Fsp3) is 0.462. The molecule has 7 heteroatoms. The molecule has 0 saturated carbocycles. The molecule has 3 N–H and O–H groups in total. The van der Waals surface area contributed by atoms with Crippen molar-refractivity contribution in [2.45, 2.75) is 25.1 Å². The van der Waals surface area contributed by atoms with Crippen LogP contribution in [-0.2, 0) is 4.79 Å². The lowest BCUT2D eigenvalue weighted by Gasteiger charge is -2.27. The monoisotopic (exact) mass is 287 g/mol. The second kappa shape index (κ2) is 6.02. The predicted octanol–water partition coefficient (Wildman–Crippen LogP) is 2.35. The van der Waals surface area contributed by atoms with Crippen LogP contribution in [0.2, 0.25) is 0 Å². The van der Waals surface area contributed by atoms with E-state index in [1.807, 2.05) is 24.3 Å². The van der Waals surface area contributed by atoms with Gasteiger partial charge in [0.15, 0.2) is 0 Å². The van der Waals surface area contributed by atoms with Gasteiger partial charge in [-0.15, -0.1) is 0 Å². The number of rotatable bonds is 4. The van der Waals surface area contributed by atoms with Gasteiger partial charge in [0, 0.05) is 19.5 Å². The van der Waals surface area contributed by atoms with Gasteiger partial charge >= 0.3 is 6.18 Å². The van der Waals surface area contributed by atoms with E-state index < -0.39 is 18.6 Å². The lowest BCUT2D eigenvalue weighted by Crippen LogP contribution is -2.46. The molecule has 1 aliphatic heterocycles. The zero-order valence-electron chi connectivity index (χ0n) is 10.8. The average Bonchev–Trinajstić information content (AvgIpc) is 2.42. The van der Waals surface area contributed by atoms with E-state index in [4.69, 9.17) is 0 Å². The summed E-state index contributed by atoms with van der Waals surface area (Å²) in [6, 6.07) is 6.98. The van der Waals surface area contributed by atoms with Crippen LogP contribution >= 0.6 is 0 Å². The molecule has 0 spiro atoms. The molecule has 1 aliphatic rings. The van der Waals surface area contributed by atoms with Crippen molar-refractivity contribution in [3.05, 3.63) is 24.3 Å². The zero-order chi connectivity index (χ0) is 14.6. The van der Waals surface area contributed by atoms with Crippen molar-refractivity contribution < 1.29 is 18.0 Å². The molecule has 0 saturated heterocycles. The number of nitrogens with one attached hydrogen (secondary N) is 3. The smallest absolute Gasteiger partial charge is 0.381 e. The number of benzene rings is 1. The molecule has 1 aromatic rings. The molecule has 20 heavy (non-hydrogen) atoms. The summed E-state index contributed by atoms with van der Waals surface area (Å²) in [6.07, 6.45) is -5.16. The van der Waals surface area contributed by atoms with Crippen LogP contribution in [0.15, 0.2) is 24.3 Å². The van der Waals surface area contributed by atoms with Gasteiger partial charge in [-0.1, -0.05) is 12.1 Å². The number of fused-ring (bicyclic) bond motifs is 1. The van der Waals surface area contributed by atoms with Crippen LogP contribution in [0.1, 0.15) is 12.8 Å². The number of para-hydroxylation sites is 2. The van der Waals surface area contributed by atoms with E-state index in [0.717, 1.165) is 11.4 Å². The minimum atomic E-state index is -4.17. The van der Waals surface area contributed by atoms with Crippen molar-refractivity contribution in [2.75, 3.05) is 23.7 Å². The Labute approximate surface area is 114 Å². The molecule has 4 nitrogen and oxygen atoms in total. The van der Waals surface area contributed by atoms with Gasteiger partial charge in [0.05, 0.1) is 11.4 Å². The number of hydrogen-bond donors (Lipinski definition) is 3. The number of amides is 1. The highest BCUT2D eigenvalue weighted by atomic mass is 19.4. The molecule has 0 bridgehead atoms. The third kappa shape index (κ3) is 4.04. The van der Waals surface area contributed by atoms with Crippen molar-refractivity contribution in [1.29, 1.82) is 0 Å². The first-order valence-corrected chi connectivity index (χ1v) is 6.39. The molecule has 0 radical (unpaired) electrons. The van der Waals surface area contributed by atoms with Crippen molar-refractivity contribution in [3.8, 4) is 0 Å². The van der Waals surface area contributed by atoms with E-state index >= 15 is 0 Å². The number of hydrogen-bond acceptors (Lipinski definition) is 3. The van der Waals surface area contributed by atoms with Gasteiger partial charge in [-0.2, -0.15) is 13.2 Å². The Morgan fingerprint density at radius 3 is 2.70 bits per heavy atom. The fourth-order valence-electron chi connectivity index (χ4n) is 2.00. The minimum Gasteiger partial charge on any atom is -0.381 e. The van der Waals surface area contributed by atoms with E-state index in [2.05, 4.69) is 16.0 Å². The van der Waals surface area contributed by atoms with Crippen LogP contribution in [0.5, 0.6) is 0 Å². The summed E-state index contributed by atoms with van der Waals surface area (Å²) in [7, 11) is 0. The first kappa shape index (κ1) is 14.5. The Hall–Kier alpha value is -1.92. The van der Waals surface area contributed by atoms with Gasteiger partial charge in [-0.05, 0) is 18.6 Å². The molecule has 1 heterocycles. The number of carbonyl (C=O) groups excluding carboxylic acids is 1. The largest absolute Gasteiger partial charge is 0.389 e. The summed E-state index contributed by atoms with van der Waals surface area (Å²) in [4.78, 5) is 11.8. The molecule has 2 rings (SSSR count). The molecule has 110 valence electrons. The van der Waals surface area contributed by atoms with Crippen LogP contribution in [0.3, 0.4) is 0 Å². The van der Waals surface area contributed by atoms with Crippen molar-refractivity contribution in [2.24, 2.45) is 0 Å². The molecule has 1 amide bonds. The first-order valence-electron chi connectivity index (χ1n) is 6.39. The highest BCUT2D eigenvalue weighted by Crippen LogP contribution is 2.25. The van der Waals surface area contributed by atoms with E-state index in [1.165, 1.54) is 0 Å². The Balaban J connectivity index is 1.77. The lowest BCUT2D eigenvalue weighted by atomic mass is 10.1. The maximum Gasteiger partial charge on any atom is 0.389 e. The van der Waals surface area contributed by atoms with Gasteiger partial charge in [-0.25, -0.2) is 0 Å². The Bertz CT molecular complexity index is 476. The van der Waals surface area contributed by atoms with E-state index in [-0.39, 0.29) is 18.9 Å². The van der Waals surface area contributed by atoms with Crippen LogP contribution in [0.4, 0.5) is 24.5 Å². The van der Waals surface area contributed by atoms with Crippen LogP contribution < -0.4 is 16.0 Å². The summed E-state index contributed by atoms with van der Waals surface area (Å²) in [5.74, 6) is -0.297. The van der Waals surface area contributed by atoms with Crippen molar-refractivity contribution in [3.63, 3.8) is 0 Å². The van der Waals surface area contributed by atoms with Gasteiger partial charge in [-0.3, -0.25) is 4.79 Å². The quantitative estimate of drug-likeness (QED) is 0.745. The maximum absolute atomic E-state index is 12.0. The minimum absolute atomic E-state index is 0.0260. The van der Waals surface area contributed by atoms with Crippen molar-refractivity contribution >= 4 is 17.3 Å². The Morgan fingerprint density at radius 1 is 1.30 bits per heavy atom. The molecule has 1 unspecified atom stereocenters. The van der Waals surface area contributed by atoms with Gasteiger partial charge in [0.25, 0.3) is 0 Å². The number of carbonyl (C=O) groups is 1. The third-order valence-corrected chi connectivity index (χ3v) is 3.01. The molecule has 1 atom stereocenters. The Morgan fingerprint density at radius 2 is 2.00 bits per heavy atom. The highest BCUT2D eigenvalue weighted by molar-refractivity contribution is 5.88. The van der Waals surface area contributed by atoms with Gasteiger partial charge < -0.3 is 16.0 Å². The van der Waals surface area contributed by atoms with Crippen LogP contribution in [-0.4, -0.2) is 31.2 Å². The molecular formula is C13H16F3N3O. The molecule has 1 aromatic carbocycles. The molecule has 0 fully saturated rings. The predicted molar refractivity (Wildman–Crippen MR) is 70.6 cm³/mol. The van der Waals surface area contributed by atoms with E-state index in [0.29, 0.717) is 6.54 Å². The number of halogens is 3. The van der Waals surface area contributed by atoms with Crippen LogP contribution in [0.25, 0.3) is 0 Å². The van der Waals surface area contributed by atoms with Crippen molar-refractivity contribution in [1.82, 2.24) is 5.32 Å². The zero-order valence-corrected chi connectivity index (χ0v) is 10.8. The van der Waals surface area contributed by atoms with Gasteiger partial charge in [0.2, 0.25) is 5.91 Å². The lowest BCUT2D eigenvalue weighted by molar-refractivity contribution is -0.136. The second-order valence-electron chi connectivity index (χ2n) is 4.63. The first-order chi connectivity index (χ1) is 9.46. The summed E-state index contributed by atoms with van der Waals surface area (Å²) < 4.78 is 35.9. The van der Waals surface area contributed by atoms with E-state index in [9.17, 15) is 18.0 Å². The third-order valence-electron chi connectivity index (χ3n) is 3.01. The SMILES string of the molecule is O=C(NCCCC(F)(F)F)C1CNc2ccccc2N1. The normalized spacial score (nSPS) is 17.6. The van der Waals surface area contributed by atoms with Crippen LogP contribution in [0, 0.1) is 0 Å². The Kier molecular flexibility index (Phi) is 4.36. The second-order valence-corrected chi connectivity index (χ2v) is 4.63. The topological polar surface area (TPSA) is 53.2 Å². The maximum atomic E-state index is 12.0. The standard InChI is InChI=1S/C13H16F3N3O/c14-13(15,16)6-3-7-17-12(20)11-8-18-9-4-1-2-5-10(9)19-11/h1-2,4-5,11,18-19H,3,6-8H2,(H,17,20). The van der Waals surface area contributed by atoms with E-state index in [1.54, 1.807) is 0 Å². The summed E-state index contributed by atoms with van der Waals surface area (Å²) in [5.41, 5.74) is 1.72. The average molecular weight is 287 g/mol. The number of anilines is 2. The molecule has 0 aromatic heterocycles. The molecule has 0 aliphatic carbocycles. The highest BCUT2D eigenvalue weighted by Gasteiger charge is 2.27. The summed E-state index contributed by atoms with van der Waals surface area (Å²) in [6.45, 7) is 0.431. The van der Waals surface area contributed by atoms with Gasteiger partial charge in [0.1, 0.15) is 6.04 Å².